The van der Waals surface area contributed by atoms with Crippen molar-refractivity contribution in [3.05, 3.63) is 30.1 Å². The van der Waals surface area contributed by atoms with Crippen LogP contribution < -0.4 is 0 Å². The van der Waals surface area contributed by atoms with Crippen LogP contribution in [0.1, 0.15) is 101 Å². The van der Waals surface area contributed by atoms with Gasteiger partial charge >= 0.3 is 5.97 Å². The number of aromatic nitrogens is 1. The topological polar surface area (TPSA) is 39.2 Å². The number of ether oxygens (including phenoxy) is 1. The average molecular weight is 348 g/mol. The second-order valence-corrected chi connectivity index (χ2v) is 7.45. The van der Waals surface area contributed by atoms with Crippen molar-refractivity contribution in [1.82, 2.24) is 4.98 Å². The maximum atomic E-state index is 11.7. The van der Waals surface area contributed by atoms with Gasteiger partial charge in [0.1, 0.15) is 0 Å². The molecule has 0 spiro atoms. The first kappa shape index (κ1) is 21.7. The molecule has 0 unspecified atom stereocenters. The molecular formula is C22H37NO2. The number of hydrogen-bond acceptors (Lipinski definition) is 3. The molecule has 142 valence electrons. The Morgan fingerprint density at radius 3 is 2.00 bits per heavy atom. The first-order valence-electron chi connectivity index (χ1n) is 10.3. The van der Waals surface area contributed by atoms with Gasteiger partial charge in [0.2, 0.25) is 0 Å². The Labute approximate surface area is 154 Å². The predicted molar refractivity (Wildman–Crippen MR) is 105 cm³/mol. The van der Waals surface area contributed by atoms with E-state index in [-0.39, 0.29) is 5.97 Å². The highest BCUT2D eigenvalue weighted by Crippen LogP contribution is 2.13. The van der Waals surface area contributed by atoms with E-state index in [1.54, 1.807) is 24.5 Å². The van der Waals surface area contributed by atoms with E-state index >= 15 is 0 Å². The summed E-state index contributed by atoms with van der Waals surface area (Å²) in [6.45, 7) is 5.14. The zero-order chi connectivity index (χ0) is 18.2. The molecule has 0 aliphatic heterocycles. The normalized spacial score (nSPS) is 11.0. The molecule has 0 bridgehead atoms. The van der Waals surface area contributed by atoms with Gasteiger partial charge in [-0.25, -0.2) is 4.79 Å². The number of esters is 1. The van der Waals surface area contributed by atoms with E-state index in [1.165, 1.54) is 64.2 Å². The van der Waals surface area contributed by atoms with Crippen molar-refractivity contribution in [1.29, 1.82) is 0 Å². The van der Waals surface area contributed by atoms with Crippen molar-refractivity contribution < 1.29 is 9.53 Å². The Morgan fingerprint density at radius 2 is 1.48 bits per heavy atom. The minimum Gasteiger partial charge on any atom is -0.462 e. The minimum absolute atomic E-state index is 0.263. The van der Waals surface area contributed by atoms with Crippen LogP contribution in [-0.4, -0.2) is 17.6 Å². The Kier molecular flexibility index (Phi) is 12.9. The quantitative estimate of drug-likeness (QED) is 0.266. The van der Waals surface area contributed by atoms with E-state index in [0.29, 0.717) is 12.2 Å². The van der Waals surface area contributed by atoms with Crippen LogP contribution in [0.2, 0.25) is 0 Å². The summed E-state index contributed by atoms with van der Waals surface area (Å²) < 4.78 is 5.26. The third-order valence-electron chi connectivity index (χ3n) is 4.56. The Morgan fingerprint density at radius 1 is 0.920 bits per heavy atom. The smallest absolute Gasteiger partial charge is 0.339 e. The third-order valence-corrected chi connectivity index (χ3v) is 4.56. The SMILES string of the molecule is CC(C)CCCCCCCCCCCCCOC(=O)c1cccnc1. The van der Waals surface area contributed by atoms with Crippen molar-refractivity contribution >= 4 is 5.97 Å². The Balaban J connectivity index is 1.80. The highest BCUT2D eigenvalue weighted by molar-refractivity contribution is 5.88. The summed E-state index contributed by atoms with van der Waals surface area (Å²) in [5.41, 5.74) is 0.534. The largest absolute Gasteiger partial charge is 0.462 e. The molecule has 25 heavy (non-hydrogen) atoms. The van der Waals surface area contributed by atoms with Crippen LogP contribution in [0.4, 0.5) is 0 Å². The van der Waals surface area contributed by atoms with E-state index < -0.39 is 0 Å². The number of nitrogens with zero attached hydrogens (tertiary/aromatic N) is 1. The number of unbranched alkanes of at least 4 members (excludes halogenated alkanes) is 10. The van der Waals surface area contributed by atoms with Gasteiger partial charge < -0.3 is 4.74 Å². The molecule has 1 rings (SSSR count). The number of carbonyl (C=O) groups is 1. The number of carbonyl (C=O) groups excluding carboxylic acids is 1. The predicted octanol–water partition coefficient (Wildman–Crippen LogP) is 6.58. The summed E-state index contributed by atoms with van der Waals surface area (Å²) in [4.78, 5) is 15.6. The fraction of sp³-hybridized carbons (Fsp3) is 0.727. The zero-order valence-electron chi connectivity index (χ0n) is 16.3. The lowest BCUT2D eigenvalue weighted by Gasteiger charge is -2.05. The first-order chi connectivity index (χ1) is 12.2. The van der Waals surface area contributed by atoms with Crippen molar-refractivity contribution in [3.8, 4) is 0 Å². The van der Waals surface area contributed by atoms with Crippen LogP contribution in [0.15, 0.2) is 24.5 Å². The van der Waals surface area contributed by atoms with E-state index in [2.05, 4.69) is 18.8 Å². The molecule has 0 aliphatic rings. The van der Waals surface area contributed by atoms with Gasteiger partial charge in [-0.1, -0.05) is 84.5 Å². The molecule has 0 radical (unpaired) electrons. The highest BCUT2D eigenvalue weighted by Gasteiger charge is 2.05. The van der Waals surface area contributed by atoms with Gasteiger partial charge in [0.25, 0.3) is 0 Å². The summed E-state index contributed by atoms with van der Waals surface area (Å²) in [6.07, 6.45) is 19.0. The fourth-order valence-electron chi connectivity index (χ4n) is 2.98. The molecule has 1 aromatic heterocycles. The Hall–Kier alpha value is -1.38. The second kappa shape index (κ2) is 14.9. The van der Waals surface area contributed by atoms with Gasteiger partial charge in [0.15, 0.2) is 0 Å². The molecule has 0 aliphatic carbocycles. The molecule has 0 aromatic carbocycles. The molecule has 0 N–H and O–H groups in total. The van der Waals surface area contributed by atoms with E-state index in [9.17, 15) is 4.79 Å². The van der Waals surface area contributed by atoms with E-state index in [4.69, 9.17) is 4.74 Å². The lowest BCUT2D eigenvalue weighted by atomic mass is 10.0. The Bertz CT molecular complexity index is 431. The van der Waals surface area contributed by atoms with Gasteiger partial charge in [0.05, 0.1) is 12.2 Å². The number of hydrogen-bond donors (Lipinski definition) is 0. The van der Waals surface area contributed by atoms with Crippen molar-refractivity contribution in [2.75, 3.05) is 6.61 Å². The molecule has 3 heteroatoms. The molecule has 1 heterocycles. The number of pyridine rings is 1. The molecule has 0 amide bonds. The van der Waals surface area contributed by atoms with E-state index in [0.717, 1.165) is 18.8 Å². The van der Waals surface area contributed by atoms with Crippen molar-refractivity contribution in [3.63, 3.8) is 0 Å². The molecule has 0 saturated carbocycles. The molecule has 0 saturated heterocycles. The van der Waals surface area contributed by atoms with Crippen LogP contribution in [0, 0.1) is 5.92 Å². The van der Waals surface area contributed by atoms with Gasteiger partial charge in [-0.05, 0) is 24.5 Å². The van der Waals surface area contributed by atoms with Crippen LogP contribution in [0.5, 0.6) is 0 Å². The van der Waals surface area contributed by atoms with Gasteiger partial charge in [0, 0.05) is 12.4 Å². The van der Waals surface area contributed by atoms with Crippen LogP contribution >= 0.6 is 0 Å². The maximum Gasteiger partial charge on any atom is 0.339 e. The molecule has 0 atom stereocenters. The fourth-order valence-corrected chi connectivity index (χ4v) is 2.98. The van der Waals surface area contributed by atoms with Crippen molar-refractivity contribution in [2.24, 2.45) is 5.92 Å². The lowest BCUT2D eigenvalue weighted by Crippen LogP contribution is -2.06. The average Bonchev–Trinajstić information content (AvgIpc) is 2.62. The van der Waals surface area contributed by atoms with Crippen LogP contribution in [0.3, 0.4) is 0 Å². The molecule has 1 aromatic rings. The van der Waals surface area contributed by atoms with Crippen LogP contribution in [-0.2, 0) is 4.74 Å². The minimum atomic E-state index is -0.263. The van der Waals surface area contributed by atoms with Crippen LogP contribution in [0.25, 0.3) is 0 Å². The van der Waals surface area contributed by atoms with Gasteiger partial charge in [-0.2, -0.15) is 0 Å². The summed E-state index contributed by atoms with van der Waals surface area (Å²) in [5.74, 6) is 0.598. The van der Waals surface area contributed by atoms with Crippen molar-refractivity contribution in [2.45, 2.75) is 90.9 Å². The molecule has 0 fully saturated rings. The first-order valence-corrected chi connectivity index (χ1v) is 10.3. The maximum absolute atomic E-state index is 11.7. The standard InChI is InChI=1S/C22H37NO2/c1-20(2)15-12-10-8-6-4-3-5-7-9-11-13-18-25-22(24)21-16-14-17-23-19-21/h14,16-17,19-20H,3-13,15,18H2,1-2H3. The second-order valence-electron chi connectivity index (χ2n) is 7.45. The monoisotopic (exact) mass is 347 g/mol. The van der Waals surface area contributed by atoms with E-state index in [1.807, 2.05) is 0 Å². The van der Waals surface area contributed by atoms with Gasteiger partial charge in [-0.3, -0.25) is 4.98 Å². The third kappa shape index (κ3) is 12.6. The summed E-state index contributed by atoms with van der Waals surface area (Å²) in [7, 11) is 0. The molecule has 3 nitrogen and oxygen atoms in total. The number of rotatable bonds is 15. The summed E-state index contributed by atoms with van der Waals surface area (Å²) >= 11 is 0. The lowest BCUT2D eigenvalue weighted by molar-refractivity contribution is 0.0497. The summed E-state index contributed by atoms with van der Waals surface area (Å²) in [5, 5.41) is 0. The van der Waals surface area contributed by atoms with Gasteiger partial charge in [-0.15, -0.1) is 0 Å². The summed E-state index contributed by atoms with van der Waals surface area (Å²) in [6, 6.07) is 3.49. The molecular weight excluding hydrogens is 310 g/mol. The zero-order valence-corrected chi connectivity index (χ0v) is 16.3. The highest BCUT2D eigenvalue weighted by atomic mass is 16.5.